The van der Waals surface area contributed by atoms with E-state index < -0.39 is 5.95 Å². The average molecular weight is 304 g/mol. The summed E-state index contributed by atoms with van der Waals surface area (Å²) < 4.78 is 18.3. The van der Waals surface area contributed by atoms with Crippen molar-refractivity contribution in [1.29, 1.82) is 0 Å². The number of aryl methyl sites for hydroxylation is 1. The molecule has 116 valence electrons. The highest BCUT2D eigenvalue weighted by atomic mass is 19.1. The van der Waals surface area contributed by atoms with Crippen LogP contribution in [0.5, 0.6) is 0 Å². The average Bonchev–Trinajstić information content (AvgIpc) is 2.80. The zero-order chi connectivity index (χ0) is 15.5. The minimum absolute atomic E-state index is 0.226. The Kier molecular flexibility index (Phi) is 4.13. The number of rotatable bonds is 2. The smallest absolute Gasteiger partial charge is 0.254 e. The molecule has 0 bridgehead atoms. The van der Waals surface area contributed by atoms with Crippen molar-refractivity contribution >= 4 is 5.91 Å². The third-order valence-electron chi connectivity index (χ3n) is 3.83. The summed E-state index contributed by atoms with van der Waals surface area (Å²) in [5.74, 6) is 0.104. The van der Waals surface area contributed by atoms with Crippen LogP contribution in [0.3, 0.4) is 0 Å². The summed E-state index contributed by atoms with van der Waals surface area (Å²) in [4.78, 5) is 22.2. The van der Waals surface area contributed by atoms with Crippen LogP contribution >= 0.6 is 0 Å². The number of aromatic nitrogens is 3. The van der Waals surface area contributed by atoms with E-state index in [9.17, 15) is 9.18 Å². The molecule has 0 saturated carbocycles. The minimum atomic E-state index is -0.660. The predicted octanol–water partition coefficient (Wildman–Crippen LogP) is 2.67. The summed E-state index contributed by atoms with van der Waals surface area (Å²) in [5, 5.41) is 3.96. The molecule has 2 aromatic rings. The molecule has 22 heavy (non-hydrogen) atoms. The topological polar surface area (TPSA) is 72.1 Å². The van der Waals surface area contributed by atoms with Gasteiger partial charge in [-0.1, -0.05) is 18.0 Å². The van der Waals surface area contributed by atoms with Crippen molar-refractivity contribution in [2.45, 2.75) is 38.6 Å². The molecule has 0 spiro atoms. The molecule has 3 heterocycles. The van der Waals surface area contributed by atoms with Crippen molar-refractivity contribution in [2.24, 2.45) is 0 Å². The molecule has 1 aliphatic heterocycles. The van der Waals surface area contributed by atoms with Gasteiger partial charge in [-0.25, -0.2) is 4.98 Å². The lowest BCUT2D eigenvalue weighted by Gasteiger charge is -2.27. The van der Waals surface area contributed by atoms with E-state index >= 15 is 0 Å². The van der Waals surface area contributed by atoms with E-state index in [0.29, 0.717) is 23.8 Å². The van der Waals surface area contributed by atoms with Gasteiger partial charge in [0.2, 0.25) is 11.8 Å². The molecule has 1 atom stereocenters. The van der Waals surface area contributed by atoms with Crippen molar-refractivity contribution in [3.63, 3.8) is 0 Å². The van der Waals surface area contributed by atoms with E-state index in [2.05, 4.69) is 15.1 Å². The van der Waals surface area contributed by atoms with Crippen molar-refractivity contribution in [2.75, 3.05) is 6.54 Å². The molecule has 0 radical (unpaired) electrons. The highest BCUT2D eigenvalue weighted by Crippen LogP contribution is 2.29. The second-order valence-electron chi connectivity index (χ2n) is 5.40. The quantitative estimate of drug-likeness (QED) is 0.798. The summed E-state index contributed by atoms with van der Waals surface area (Å²) in [7, 11) is 0. The van der Waals surface area contributed by atoms with Crippen LogP contribution in [0, 0.1) is 12.9 Å². The van der Waals surface area contributed by atoms with Crippen LogP contribution < -0.4 is 0 Å². The van der Waals surface area contributed by atoms with Crippen molar-refractivity contribution < 1.29 is 13.7 Å². The predicted molar refractivity (Wildman–Crippen MR) is 75.5 cm³/mol. The maximum Gasteiger partial charge on any atom is 0.254 e. The maximum atomic E-state index is 13.3. The van der Waals surface area contributed by atoms with E-state index in [0.717, 1.165) is 31.7 Å². The molecule has 1 aliphatic rings. The summed E-state index contributed by atoms with van der Waals surface area (Å²) in [5.41, 5.74) is 0.291. The highest BCUT2D eigenvalue weighted by Gasteiger charge is 2.30. The van der Waals surface area contributed by atoms with Crippen molar-refractivity contribution in [1.82, 2.24) is 20.0 Å². The second-order valence-corrected chi connectivity index (χ2v) is 5.40. The van der Waals surface area contributed by atoms with Crippen molar-refractivity contribution in [3.8, 4) is 0 Å². The fourth-order valence-corrected chi connectivity index (χ4v) is 2.77. The third-order valence-corrected chi connectivity index (χ3v) is 3.83. The van der Waals surface area contributed by atoms with Crippen molar-refractivity contribution in [3.05, 3.63) is 41.6 Å². The number of carbonyl (C=O) groups excluding carboxylic acids is 1. The SMILES string of the molecule is Cc1nc([C@@H]2CCCCCN2C(=O)c2ccnc(F)c2)no1. The van der Waals surface area contributed by atoms with Gasteiger partial charge in [-0.15, -0.1) is 0 Å². The van der Waals surface area contributed by atoms with Crippen LogP contribution in [0.2, 0.25) is 0 Å². The van der Waals surface area contributed by atoms with Gasteiger partial charge in [0.25, 0.3) is 5.91 Å². The molecule has 0 aromatic carbocycles. The number of pyridine rings is 1. The Balaban J connectivity index is 1.91. The van der Waals surface area contributed by atoms with Gasteiger partial charge in [0.15, 0.2) is 5.82 Å². The summed E-state index contributed by atoms with van der Waals surface area (Å²) in [6.07, 6.45) is 5.02. The van der Waals surface area contributed by atoms with Crippen LogP contribution in [-0.2, 0) is 0 Å². The number of likely N-dealkylation sites (tertiary alicyclic amines) is 1. The molecule has 1 saturated heterocycles. The Morgan fingerprint density at radius 1 is 1.41 bits per heavy atom. The lowest BCUT2D eigenvalue weighted by molar-refractivity contribution is 0.0669. The van der Waals surface area contributed by atoms with Crippen LogP contribution in [-0.4, -0.2) is 32.5 Å². The van der Waals surface area contributed by atoms with Gasteiger partial charge in [0, 0.05) is 31.3 Å². The highest BCUT2D eigenvalue weighted by molar-refractivity contribution is 5.94. The van der Waals surface area contributed by atoms with E-state index in [-0.39, 0.29) is 11.9 Å². The normalized spacial score (nSPS) is 19.0. The molecular weight excluding hydrogens is 287 g/mol. The van der Waals surface area contributed by atoms with Gasteiger partial charge in [0.05, 0.1) is 6.04 Å². The fraction of sp³-hybridized carbons (Fsp3) is 0.467. The standard InChI is InChI=1S/C15H17FN4O2/c1-10-18-14(19-22-10)12-5-3-2-4-8-20(12)15(21)11-6-7-17-13(16)9-11/h6-7,9,12H,2-5,8H2,1H3/t12-/m0/s1. The van der Waals surface area contributed by atoms with Crippen LogP contribution in [0.15, 0.2) is 22.9 Å². The minimum Gasteiger partial charge on any atom is -0.340 e. The van der Waals surface area contributed by atoms with E-state index in [4.69, 9.17) is 4.52 Å². The number of halogens is 1. The zero-order valence-electron chi connectivity index (χ0n) is 12.3. The van der Waals surface area contributed by atoms with Gasteiger partial charge >= 0.3 is 0 Å². The van der Waals surface area contributed by atoms with E-state index in [1.54, 1.807) is 11.8 Å². The molecule has 0 unspecified atom stereocenters. The molecule has 7 heteroatoms. The van der Waals surface area contributed by atoms with Crippen LogP contribution in [0.25, 0.3) is 0 Å². The lowest BCUT2D eigenvalue weighted by Crippen LogP contribution is -2.35. The molecule has 0 N–H and O–H groups in total. The fourth-order valence-electron chi connectivity index (χ4n) is 2.77. The first-order valence-electron chi connectivity index (χ1n) is 7.38. The molecule has 2 aromatic heterocycles. The number of nitrogens with zero attached hydrogens (tertiary/aromatic N) is 4. The first-order chi connectivity index (χ1) is 10.6. The van der Waals surface area contributed by atoms with Gasteiger partial charge in [-0.2, -0.15) is 9.37 Å². The Bertz CT molecular complexity index is 673. The molecule has 1 amide bonds. The number of hydrogen-bond donors (Lipinski definition) is 0. The Morgan fingerprint density at radius 3 is 3.00 bits per heavy atom. The molecule has 0 aliphatic carbocycles. The van der Waals surface area contributed by atoms with Crippen LogP contribution in [0.1, 0.15) is 53.8 Å². The molecular formula is C15H17FN4O2. The number of carbonyl (C=O) groups is 1. The largest absolute Gasteiger partial charge is 0.340 e. The Labute approximate surface area is 127 Å². The van der Waals surface area contributed by atoms with Gasteiger partial charge in [-0.3, -0.25) is 4.79 Å². The first kappa shape index (κ1) is 14.6. The maximum absolute atomic E-state index is 13.3. The first-order valence-corrected chi connectivity index (χ1v) is 7.38. The zero-order valence-corrected chi connectivity index (χ0v) is 12.3. The second kappa shape index (κ2) is 6.21. The van der Waals surface area contributed by atoms with E-state index in [1.807, 2.05) is 0 Å². The summed E-state index contributed by atoms with van der Waals surface area (Å²) >= 11 is 0. The molecule has 6 nitrogen and oxygen atoms in total. The number of amides is 1. The van der Waals surface area contributed by atoms with E-state index in [1.165, 1.54) is 12.3 Å². The number of hydrogen-bond acceptors (Lipinski definition) is 5. The Hall–Kier alpha value is -2.31. The monoisotopic (exact) mass is 304 g/mol. The van der Waals surface area contributed by atoms with Crippen LogP contribution in [0.4, 0.5) is 4.39 Å². The summed E-state index contributed by atoms with van der Waals surface area (Å²) in [6.45, 7) is 2.32. The Morgan fingerprint density at radius 2 is 2.27 bits per heavy atom. The van der Waals surface area contributed by atoms with Gasteiger partial charge in [-0.05, 0) is 18.9 Å². The van der Waals surface area contributed by atoms with Gasteiger partial charge in [0.1, 0.15) is 0 Å². The van der Waals surface area contributed by atoms with Gasteiger partial charge < -0.3 is 9.42 Å². The lowest BCUT2D eigenvalue weighted by atomic mass is 10.1. The summed E-state index contributed by atoms with van der Waals surface area (Å²) in [6, 6.07) is 2.45. The molecule has 3 rings (SSSR count). The third kappa shape index (κ3) is 2.98. The molecule has 1 fully saturated rings.